The number of benzene rings is 2. The smallest absolute Gasteiger partial charge is 0.261 e. The molecule has 162 valence electrons. The molecule has 0 spiro atoms. The summed E-state index contributed by atoms with van der Waals surface area (Å²) in [5, 5.41) is 5.89. The SMILES string of the molecule is CCCCOc1ccc(Br)cc1C(=O)NC(=S)Nc1cccc(OCCOCC)c1. The molecule has 1 amide bonds. The van der Waals surface area contributed by atoms with Crippen molar-refractivity contribution in [2.45, 2.75) is 26.7 Å². The average Bonchev–Trinajstić information content (AvgIpc) is 2.72. The fourth-order valence-corrected chi connectivity index (χ4v) is 3.06. The van der Waals surface area contributed by atoms with E-state index < -0.39 is 0 Å². The number of nitrogens with one attached hydrogen (secondary N) is 2. The van der Waals surface area contributed by atoms with Gasteiger partial charge in [0.05, 0.1) is 18.8 Å². The molecule has 0 aliphatic rings. The van der Waals surface area contributed by atoms with Crippen molar-refractivity contribution < 1.29 is 19.0 Å². The molecular formula is C22H27BrN2O4S. The minimum absolute atomic E-state index is 0.186. The van der Waals surface area contributed by atoms with Gasteiger partial charge in [0.2, 0.25) is 0 Å². The summed E-state index contributed by atoms with van der Waals surface area (Å²) >= 11 is 8.70. The van der Waals surface area contributed by atoms with Crippen LogP contribution in [0.1, 0.15) is 37.0 Å². The number of anilines is 1. The zero-order valence-electron chi connectivity index (χ0n) is 17.2. The van der Waals surface area contributed by atoms with Crippen LogP contribution in [0, 0.1) is 0 Å². The number of amides is 1. The Balaban J connectivity index is 1.96. The number of hydrogen-bond donors (Lipinski definition) is 2. The van der Waals surface area contributed by atoms with Gasteiger partial charge in [0.25, 0.3) is 5.91 Å². The van der Waals surface area contributed by atoms with Crippen LogP contribution in [0.2, 0.25) is 0 Å². The minimum atomic E-state index is -0.343. The van der Waals surface area contributed by atoms with Crippen LogP contribution >= 0.6 is 28.1 Å². The molecule has 0 saturated heterocycles. The normalized spacial score (nSPS) is 10.4. The first-order valence-corrected chi connectivity index (χ1v) is 11.1. The van der Waals surface area contributed by atoms with E-state index in [2.05, 4.69) is 33.5 Å². The molecule has 0 aliphatic heterocycles. The van der Waals surface area contributed by atoms with E-state index in [9.17, 15) is 4.79 Å². The van der Waals surface area contributed by atoms with Crippen molar-refractivity contribution in [1.29, 1.82) is 0 Å². The first-order valence-electron chi connectivity index (χ1n) is 9.88. The molecule has 2 rings (SSSR count). The molecular weight excluding hydrogens is 468 g/mol. The molecule has 0 radical (unpaired) electrons. The zero-order valence-corrected chi connectivity index (χ0v) is 19.6. The summed E-state index contributed by atoms with van der Waals surface area (Å²) < 4.78 is 17.4. The van der Waals surface area contributed by atoms with Gasteiger partial charge in [0.1, 0.15) is 18.1 Å². The van der Waals surface area contributed by atoms with Crippen LogP contribution in [0.15, 0.2) is 46.9 Å². The highest BCUT2D eigenvalue weighted by Crippen LogP contribution is 2.24. The predicted octanol–water partition coefficient (Wildman–Crippen LogP) is 5.17. The van der Waals surface area contributed by atoms with E-state index in [0.717, 1.165) is 17.3 Å². The summed E-state index contributed by atoms with van der Waals surface area (Å²) in [6.07, 6.45) is 1.93. The van der Waals surface area contributed by atoms with Gasteiger partial charge in [-0.3, -0.25) is 10.1 Å². The van der Waals surface area contributed by atoms with Crippen molar-refractivity contribution in [3.8, 4) is 11.5 Å². The van der Waals surface area contributed by atoms with E-state index in [4.69, 9.17) is 26.4 Å². The largest absolute Gasteiger partial charge is 0.493 e. The summed E-state index contributed by atoms with van der Waals surface area (Å²) in [6, 6.07) is 12.7. The van der Waals surface area contributed by atoms with Crippen molar-refractivity contribution >= 4 is 44.9 Å². The van der Waals surface area contributed by atoms with Crippen molar-refractivity contribution in [3.05, 3.63) is 52.5 Å². The van der Waals surface area contributed by atoms with Crippen LogP contribution in [0.5, 0.6) is 11.5 Å². The maximum Gasteiger partial charge on any atom is 0.261 e. The number of unbranched alkanes of at least 4 members (excludes halogenated alkanes) is 1. The predicted molar refractivity (Wildman–Crippen MR) is 127 cm³/mol. The van der Waals surface area contributed by atoms with Gasteiger partial charge < -0.3 is 19.5 Å². The lowest BCUT2D eigenvalue weighted by Gasteiger charge is -2.14. The Morgan fingerprint density at radius 1 is 1.07 bits per heavy atom. The number of carbonyl (C=O) groups is 1. The number of halogens is 1. The van der Waals surface area contributed by atoms with Crippen LogP contribution in [0.4, 0.5) is 5.69 Å². The average molecular weight is 495 g/mol. The fourth-order valence-electron chi connectivity index (χ4n) is 2.49. The highest BCUT2D eigenvalue weighted by Gasteiger charge is 2.15. The number of ether oxygens (including phenoxy) is 3. The number of hydrogen-bond acceptors (Lipinski definition) is 5. The van der Waals surface area contributed by atoms with Gasteiger partial charge in [-0.15, -0.1) is 0 Å². The van der Waals surface area contributed by atoms with Crippen LogP contribution in [0.3, 0.4) is 0 Å². The minimum Gasteiger partial charge on any atom is -0.493 e. The second-order valence-corrected chi connectivity index (χ2v) is 7.65. The van der Waals surface area contributed by atoms with Gasteiger partial charge in [-0.05, 0) is 55.9 Å². The van der Waals surface area contributed by atoms with Gasteiger partial charge in [0, 0.05) is 22.8 Å². The number of rotatable bonds is 11. The lowest BCUT2D eigenvalue weighted by molar-refractivity contribution is 0.0973. The summed E-state index contributed by atoms with van der Waals surface area (Å²) in [5.41, 5.74) is 1.13. The molecule has 6 nitrogen and oxygen atoms in total. The molecule has 0 aromatic heterocycles. The van der Waals surface area contributed by atoms with Crippen molar-refractivity contribution in [3.63, 3.8) is 0 Å². The molecule has 0 unspecified atom stereocenters. The Morgan fingerprint density at radius 2 is 1.90 bits per heavy atom. The topological polar surface area (TPSA) is 68.8 Å². The van der Waals surface area contributed by atoms with Crippen molar-refractivity contribution in [1.82, 2.24) is 5.32 Å². The Kier molecular flexibility index (Phi) is 10.6. The Morgan fingerprint density at radius 3 is 2.67 bits per heavy atom. The van der Waals surface area contributed by atoms with Gasteiger partial charge >= 0.3 is 0 Å². The van der Waals surface area contributed by atoms with Gasteiger partial charge in [-0.2, -0.15) is 0 Å². The van der Waals surface area contributed by atoms with E-state index in [0.29, 0.717) is 49.2 Å². The summed E-state index contributed by atoms with van der Waals surface area (Å²) in [5.74, 6) is 0.869. The maximum atomic E-state index is 12.7. The first kappa shape index (κ1) is 24.1. The van der Waals surface area contributed by atoms with E-state index in [1.165, 1.54) is 0 Å². The standard InChI is InChI=1S/C22H27BrN2O4S/c1-3-5-11-29-20-10-9-16(23)14-19(20)21(26)25-22(30)24-17-7-6-8-18(15-17)28-13-12-27-4-2/h6-10,14-15H,3-5,11-13H2,1-2H3,(H2,24,25,26,30). The molecule has 2 N–H and O–H groups in total. The monoisotopic (exact) mass is 494 g/mol. The zero-order chi connectivity index (χ0) is 21.8. The Hall–Kier alpha value is -2.16. The van der Waals surface area contributed by atoms with E-state index in [1.54, 1.807) is 12.1 Å². The number of carbonyl (C=O) groups excluding carboxylic acids is 1. The molecule has 0 bridgehead atoms. The Labute approximate surface area is 191 Å². The third kappa shape index (κ3) is 8.30. The van der Waals surface area contributed by atoms with E-state index in [1.807, 2.05) is 37.3 Å². The third-order valence-electron chi connectivity index (χ3n) is 3.96. The first-order chi connectivity index (χ1) is 14.5. The Bertz CT molecular complexity index is 848. The van der Waals surface area contributed by atoms with Crippen LogP contribution < -0.4 is 20.1 Å². The molecule has 0 fully saturated rings. The quantitative estimate of drug-likeness (QED) is 0.331. The molecule has 8 heteroatoms. The van der Waals surface area contributed by atoms with Gasteiger partial charge in [-0.1, -0.05) is 35.3 Å². The second kappa shape index (κ2) is 13.2. The molecule has 0 aliphatic carbocycles. The summed E-state index contributed by atoms with van der Waals surface area (Å²) in [4.78, 5) is 12.7. The van der Waals surface area contributed by atoms with E-state index in [-0.39, 0.29) is 11.0 Å². The molecule has 2 aromatic carbocycles. The van der Waals surface area contributed by atoms with Crippen LogP contribution in [-0.4, -0.2) is 37.4 Å². The van der Waals surface area contributed by atoms with Crippen LogP contribution in [0.25, 0.3) is 0 Å². The van der Waals surface area contributed by atoms with Gasteiger partial charge in [0.15, 0.2) is 5.11 Å². The summed E-state index contributed by atoms with van der Waals surface area (Å²) in [7, 11) is 0. The lowest BCUT2D eigenvalue weighted by Crippen LogP contribution is -2.34. The van der Waals surface area contributed by atoms with Crippen LogP contribution in [-0.2, 0) is 4.74 Å². The second-order valence-electron chi connectivity index (χ2n) is 6.32. The summed E-state index contributed by atoms with van der Waals surface area (Å²) in [6.45, 7) is 6.22. The highest BCUT2D eigenvalue weighted by molar-refractivity contribution is 9.10. The van der Waals surface area contributed by atoms with Crippen molar-refractivity contribution in [2.24, 2.45) is 0 Å². The fraction of sp³-hybridized carbons (Fsp3) is 0.364. The molecule has 0 heterocycles. The molecule has 30 heavy (non-hydrogen) atoms. The lowest BCUT2D eigenvalue weighted by atomic mass is 10.2. The molecule has 0 saturated carbocycles. The molecule has 0 atom stereocenters. The van der Waals surface area contributed by atoms with E-state index >= 15 is 0 Å². The maximum absolute atomic E-state index is 12.7. The van der Waals surface area contributed by atoms with Gasteiger partial charge in [-0.25, -0.2) is 0 Å². The molecule has 2 aromatic rings. The third-order valence-corrected chi connectivity index (χ3v) is 4.66. The number of thiocarbonyl (C=S) groups is 1. The van der Waals surface area contributed by atoms with Crippen molar-refractivity contribution in [2.75, 3.05) is 31.7 Å². The highest BCUT2D eigenvalue weighted by atomic mass is 79.9.